The number of nitrogens with two attached hydrogens (primary N) is 1. The van der Waals surface area contributed by atoms with Gasteiger partial charge in [-0.2, -0.15) is 13.2 Å². The SMILES string of the molecule is CN=C(NCc1ccc(C(N)=O)o1)N(C)Cc1ccc(C(F)(F)F)cc1. The van der Waals surface area contributed by atoms with Gasteiger partial charge in [0.15, 0.2) is 11.7 Å². The molecule has 2 rings (SSSR count). The van der Waals surface area contributed by atoms with Crippen molar-refractivity contribution in [3.8, 4) is 0 Å². The highest BCUT2D eigenvalue weighted by atomic mass is 19.4. The van der Waals surface area contributed by atoms with Gasteiger partial charge in [-0.3, -0.25) is 9.79 Å². The maximum absolute atomic E-state index is 12.6. The lowest BCUT2D eigenvalue weighted by Gasteiger charge is -2.22. The first-order valence-corrected chi connectivity index (χ1v) is 7.67. The van der Waals surface area contributed by atoms with E-state index in [9.17, 15) is 18.0 Å². The first kappa shape index (κ1) is 19.4. The topological polar surface area (TPSA) is 83.9 Å². The van der Waals surface area contributed by atoms with Gasteiger partial charge < -0.3 is 20.4 Å². The predicted octanol–water partition coefficient (Wildman–Crippen LogP) is 2.60. The number of amides is 1. The zero-order valence-electron chi connectivity index (χ0n) is 14.3. The molecule has 1 amide bonds. The number of guanidine groups is 1. The molecule has 1 heterocycles. The summed E-state index contributed by atoms with van der Waals surface area (Å²) in [6.45, 7) is 0.639. The minimum absolute atomic E-state index is 0.0647. The molecule has 0 aliphatic rings. The maximum atomic E-state index is 12.6. The maximum Gasteiger partial charge on any atom is 0.416 e. The molecule has 0 unspecified atom stereocenters. The molecule has 3 N–H and O–H groups in total. The molecule has 2 aromatic rings. The van der Waals surface area contributed by atoms with Crippen LogP contribution in [0.3, 0.4) is 0 Å². The van der Waals surface area contributed by atoms with E-state index < -0.39 is 17.6 Å². The van der Waals surface area contributed by atoms with E-state index >= 15 is 0 Å². The third-order valence-corrected chi connectivity index (χ3v) is 3.60. The average Bonchev–Trinajstić information content (AvgIpc) is 3.04. The number of furan rings is 1. The first-order chi connectivity index (χ1) is 12.2. The number of aliphatic imine (C=N–C) groups is 1. The number of alkyl halides is 3. The Bertz CT molecular complexity index is 782. The largest absolute Gasteiger partial charge is 0.454 e. The van der Waals surface area contributed by atoms with Crippen molar-refractivity contribution in [3.05, 3.63) is 59.0 Å². The Morgan fingerprint density at radius 2 is 1.88 bits per heavy atom. The van der Waals surface area contributed by atoms with Crippen LogP contribution in [0.15, 0.2) is 45.8 Å². The highest BCUT2D eigenvalue weighted by Crippen LogP contribution is 2.29. The fourth-order valence-corrected chi connectivity index (χ4v) is 2.30. The van der Waals surface area contributed by atoms with E-state index in [1.807, 2.05) is 0 Å². The van der Waals surface area contributed by atoms with Crippen molar-refractivity contribution in [2.45, 2.75) is 19.3 Å². The summed E-state index contributed by atoms with van der Waals surface area (Å²) in [5.74, 6) is 0.430. The van der Waals surface area contributed by atoms with Gasteiger partial charge in [0.1, 0.15) is 5.76 Å². The van der Waals surface area contributed by atoms with Crippen molar-refractivity contribution in [2.24, 2.45) is 10.7 Å². The second-order valence-electron chi connectivity index (χ2n) is 5.58. The summed E-state index contributed by atoms with van der Waals surface area (Å²) in [6, 6.07) is 8.06. The minimum atomic E-state index is -4.35. The van der Waals surface area contributed by atoms with E-state index in [4.69, 9.17) is 10.2 Å². The second-order valence-corrected chi connectivity index (χ2v) is 5.58. The molecule has 0 spiro atoms. The minimum Gasteiger partial charge on any atom is -0.454 e. The van der Waals surface area contributed by atoms with Crippen molar-refractivity contribution in [1.29, 1.82) is 0 Å². The average molecular weight is 368 g/mol. The number of carbonyl (C=O) groups is 1. The van der Waals surface area contributed by atoms with Crippen LogP contribution < -0.4 is 11.1 Å². The molecule has 0 saturated heterocycles. The first-order valence-electron chi connectivity index (χ1n) is 7.67. The molecule has 0 atom stereocenters. The predicted molar refractivity (Wildman–Crippen MR) is 90.3 cm³/mol. The summed E-state index contributed by atoms with van der Waals surface area (Å²) in [5.41, 5.74) is 5.15. The molecule has 6 nitrogen and oxygen atoms in total. The number of nitrogens with one attached hydrogen (secondary N) is 1. The number of hydrogen-bond donors (Lipinski definition) is 2. The lowest BCUT2D eigenvalue weighted by atomic mass is 10.1. The lowest BCUT2D eigenvalue weighted by molar-refractivity contribution is -0.137. The van der Waals surface area contributed by atoms with Gasteiger partial charge in [-0.1, -0.05) is 12.1 Å². The molecule has 1 aromatic carbocycles. The fourth-order valence-electron chi connectivity index (χ4n) is 2.30. The van der Waals surface area contributed by atoms with Crippen LogP contribution in [-0.2, 0) is 19.3 Å². The van der Waals surface area contributed by atoms with Gasteiger partial charge in [0.2, 0.25) is 0 Å². The van der Waals surface area contributed by atoms with E-state index in [-0.39, 0.29) is 12.3 Å². The number of hydrogen-bond acceptors (Lipinski definition) is 3. The van der Waals surface area contributed by atoms with Gasteiger partial charge in [-0.15, -0.1) is 0 Å². The van der Waals surface area contributed by atoms with Crippen molar-refractivity contribution < 1.29 is 22.4 Å². The zero-order chi connectivity index (χ0) is 19.3. The lowest BCUT2D eigenvalue weighted by Crippen LogP contribution is -2.38. The molecule has 140 valence electrons. The quantitative estimate of drug-likeness (QED) is 0.628. The van der Waals surface area contributed by atoms with Crippen molar-refractivity contribution in [1.82, 2.24) is 10.2 Å². The summed E-state index contributed by atoms with van der Waals surface area (Å²) in [6.07, 6.45) is -4.35. The number of halogens is 3. The summed E-state index contributed by atoms with van der Waals surface area (Å²) in [4.78, 5) is 16.9. The van der Waals surface area contributed by atoms with Crippen molar-refractivity contribution in [2.75, 3.05) is 14.1 Å². The van der Waals surface area contributed by atoms with Gasteiger partial charge in [-0.25, -0.2) is 0 Å². The Balaban J connectivity index is 1.95. The van der Waals surface area contributed by atoms with E-state index in [0.717, 1.165) is 12.1 Å². The molecule has 1 aromatic heterocycles. The van der Waals surface area contributed by atoms with Gasteiger partial charge in [0.05, 0.1) is 12.1 Å². The van der Waals surface area contributed by atoms with E-state index in [2.05, 4.69) is 10.3 Å². The third kappa shape index (κ3) is 5.01. The Labute approximate surface area is 148 Å². The molecule has 0 fully saturated rings. The molecular weight excluding hydrogens is 349 g/mol. The van der Waals surface area contributed by atoms with Gasteiger partial charge in [0, 0.05) is 20.6 Å². The Morgan fingerprint density at radius 3 is 2.38 bits per heavy atom. The van der Waals surface area contributed by atoms with Gasteiger partial charge >= 0.3 is 6.18 Å². The van der Waals surface area contributed by atoms with Crippen LogP contribution in [0, 0.1) is 0 Å². The molecule has 0 aliphatic carbocycles. The Kier molecular flexibility index (Phi) is 5.91. The normalized spacial score (nSPS) is 12.1. The van der Waals surface area contributed by atoms with Crippen LogP contribution in [-0.4, -0.2) is 30.9 Å². The molecule has 0 saturated carbocycles. The molecular formula is C17H19F3N4O2. The standard InChI is InChI=1S/C17H19F3N4O2/c1-22-16(23-9-13-7-8-14(26-13)15(21)25)24(2)10-11-3-5-12(6-4-11)17(18,19)20/h3-8H,9-10H2,1-2H3,(H2,21,25)(H,22,23). The van der Waals surface area contributed by atoms with Crippen LogP contribution in [0.4, 0.5) is 13.2 Å². The van der Waals surface area contributed by atoms with E-state index in [0.29, 0.717) is 23.8 Å². The van der Waals surface area contributed by atoms with Crippen molar-refractivity contribution >= 4 is 11.9 Å². The smallest absolute Gasteiger partial charge is 0.416 e. The number of rotatable bonds is 5. The van der Waals surface area contributed by atoms with Crippen molar-refractivity contribution in [3.63, 3.8) is 0 Å². The zero-order valence-corrected chi connectivity index (χ0v) is 14.3. The highest BCUT2D eigenvalue weighted by molar-refractivity contribution is 5.89. The molecule has 0 radical (unpaired) electrons. The van der Waals surface area contributed by atoms with Crippen LogP contribution in [0.5, 0.6) is 0 Å². The fraction of sp³-hybridized carbons (Fsp3) is 0.294. The Hall–Kier alpha value is -2.97. The number of benzene rings is 1. The Morgan fingerprint density at radius 1 is 1.23 bits per heavy atom. The van der Waals surface area contributed by atoms with E-state index in [1.54, 1.807) is 25.1 Å². The van der Waals surface area contributed by atoms with Gasteiger partial charge in [0.25, 0.3) is 5.91 Å². The van der Waals surface area contributed by atoms with Crippen LogP contribution in [0.1, 0.15) is 27.4 Å². The molecule has 26 heavy (non-hydrogen) atoms. The van der Waals surface area contributed by atoms with Crippen LogP contribution >= 0.6 is 0 Å². The van der Waals surface area contributed by atoms with Crippen LogP contribution in [0.25, 0.3) is 0 Å². The number of primary amides is 1. The van der Waals surface area contributed by atoms with Gasteiger partial charge in [-0.05, 0) is 29.8 Å². The molecule has 0 aliphatic heterocycles. The summed E-state index contributed by atoms with van der Waals surface area (Å²) < 4.78 is 43.1. The van der Waals surface area contributed by atoms with Crippen LogP contribution in [0.2, 0.25) is 0 Å². The number of carbonyl (C=O) groups excluding carboxylic acids is 1. The highest BCUT2D eigenvalue weighted by Gasteiger charge is 2.29. The molecule has 0 bridgehead atoms. The summed E-state index contributed by atoms with van der Waals surface area (Å²) in [7, 11) is 3.34. The molecule has 9 heteroatoms. The summed E-state index contributed by atoms with van der Waals surface area (Å²) in [5, 5.41) is 3.04. The number of nitrogens with zero attached hydrogens (tertiary/aromatic N) is 2. The summed E-state index contributed by atoms with van der Waals surface area (Å²) >= 11 is 0. The second kappa shape index (κ2) is 7.94. The monoisotopic (exact) mass is 368 g/mol. The third-order valence-electron chi connectivity index (χ3n) is 3.60. The van der Waals surface area contributed by atoms with E-state index in [1.165, 1.54) is 18.2 Å².